The molecule has 1 fully saturated rings. The monoisotopic (exact) mass is 461 g/mol. The number of amides is 3. The minimum Gasteiger partial charge on any atom is -0.496 e. The fraction of sp³-hybridized carbons (Fsp3) is 0.240. The number of methoxy groups -OCH3 is 1. The van der Waals surface area contributed by atoms with Crippen molar-refractivity contribution in [3.05, 3.63) is 65.9 Å². The van der Waals surface area contributed by atoms with Crippen molar-refractivity contribution in [2.24, 2.45) is 5.92 Å². The largest absolute Gasteiger partial charge is 0.496 e. The third kappa shape index (κ3) is 3.75. The molecule has 0 radical (unpaired) electrons. The van der Waals surface area contributed by atoms with Gasteiger partial charge in [-0.2, -0.15) is 0 Å². The van der Waals surface area contributed by atoms with Crippen LogP contribution >= 0.6 is 0 Å². The highest BCUT2D eigenvalue weighted by Gasteiger charge is 2.50. The van der Waals surface area contributed by atoms with Gasteiger partial charge in [-0.05, 0) is 36.4 Å². The number of benzene rings is 2. The molecule has 2 aliphatic rings. The second-order valence-corrected chi connectivity index (χ2v) is 8.10. The van der Waals surface area contributed by atoms with Crippen molar-refractivity contribution in [2.45, 2.75) is 19.9 Å². The van der Waals surface area contributed by atoms with E-state index in [1.807, 2.05) is 19.1 Å². The average Bonchev–Trinajstić information content (AvgIpc) is 3.24. The van der Waals surface area contributed by atoms with E-state index in [2.05, 4.69) is 4.98 Å². The van der Waals surface area contributed by atoms with Crippen molar-refractivity contribution in [1.82, 2.24) is 9.88 Å². The summed E-state index contributed by atoms with van der Waals surface area (Å²) >= 11 is 0. The number of fused-ring (bicyclic) bond motifs is 2. The van der Waals surface area contributed by atoms with Gasteiger partial charge in [0, 0.05) is 31.0 Å². The van der Waals surface area contributed by atoms with Gasteiger partial charge < -0.3 is 14.7 Å². The lowest BCUT2D eigenvalue weighted by atomic mass is 10.0. The molecular weight excluding hydrogens is 438 g/mol. The Morgan fingerprint density at radius 2 is 1.65 bits per heavy atom. The number of nitrogens with zero attached hydrogens (tertiary/aromatic N) is 3. The Labute approximate surface area is 195 Å². The lowest BCUT2D eigenvalue weighted by Crippen LogP contribution is -2.47. The van der Waals surface area contributed by atoms with Crippen molar-refractivity contribution in [3.63, 3.8) is 0 Å². The highest BCUT2D eigenvalue weighted by atomic mass is 16.5. The Morgan fingerprint density at radius 1 is 1.03 bits per heavy atom. The van der Waals surface area contributed by atoms with Crippen LogP contribution in [0.1, 0.15) is 34.6 Å². The summed E-state index contributed by atoms with van der Waals surface area (Å²) < 4.78 is 5.42. The van der Waals surface area contributed by atoms with Gasteiger partial charge >= 0.3 is 0 Å². The van der Waals surface area contributed by atoms with E-state index in [9.17, 15) is 14.4 Å². The Balaban J connectivity index is 0.000000636. The molecule has 3 heterocycles. The molecule has 3 aromatic rings. The van der Waals surface area contributed by atoms with E-state index in [0.717, 1.165) is 17.2 Å². The van der Waals surface area contributed by atoms with Crippen LogP contribution in [0, 0.1) is 5.92 Å². The van der Waals surface area contributed by atoms with Gasteiger partial charge in [0.2, 0.25) is 0 Å². The quantitative estimate of drug-likeness (QED) is 0.596. The highest BCUT2D eigenvalue weighted by molar-refractivity contribution is 6.24. The number of aromatic nitrogens is 1. The van der Waals surface area contributed by atoms with Crippen LogP contribution in [0.25, 0.3) is 10.9 Å². The van der Waals surface area contributed by atoms with E-state index in [-0.39, 0.29) is 11.8 Å². The maximum atomic E-state index is 13.5. The Bertz CT molecular complexity index is 1280. The number of carboxylic acid groups (broad SMARTS) is 1. The summed E-state index contributed by atoms with van der Waals surface area (Å²) in [5.41, 5.74) is 1.97. The minimum absolute atomic E-state index is 0.222. The zero-order valence-electron chi connectivity index (χ0n) is 18.9. The first-order valence-corrected chi connectivity index (χ1v) is 10.7. The number of hydrogen-bond acceptors (Lipinski definition) is 6. The summed E-state index contributed by atoms with van der Waals surface area (Å²) in [4.78, 5) is 55.5. The van der Waals surface area contributed by atoms with Crippen LogP contribution in [0.4, 0.5) is 5.69 Å². The summed E-state index contributed by atoms with van der Waals surface area (Å²) in [6, 6.07) is 13.1. The SMILES string of the molecule is CC(=O)O.COc1ccc(N2C[C@@H](C)[C@H](N3C(=O)c4ccccc4C3=O)C2=O)c2ncccc12. The number of aliphatic carboxylic acids is 1. The molecule has 34 heavy (non-hydrogen) atoms. The standard InChI is InChI=1S/C23H19N3O4.C2H4O2/c1-13-12-25(17-9-10-18(30-2)16-8-5-11-24-19(16)17)23(29)20(13)26-21(27)14-6-3-4-7-15(14)22(26)28;1-2(3)4/h3-11,13,20H,12H2,1-2H3;1H3,(H,3,4)/t13-,20+;/m1./s1. The molecule has 2 aromatic carbocycles. The fourth-order valence-electron chi connectivity index (χ4n) is 4.45. The Morgan fingerprint density at radius 3 is 2.24 bits per heavy atom. The van der Waals surface area contributed by atoms with Crippen molar-refractivity contribution in [2.75, 3.05) is 18.6 Å². The Kier molecular flexibility index (Phi) is 6.02. The summed E-state index contributed by atoms with van der Waals surface area (Å²) in [5.74, 6) is -1.51. The molecule has 5 rings (SSSR count). The maximum absolute atomic E-state index is 13.5. The first kappa shape index (κ1) is 22.9. The smallest absolute Gasteiger partial charge is 0.300 e. The molecule has 0 bridgehead atoms. The second-order valence-electron chi connectivity index (χ2n) is 8.10. The molecule has 9 nitrogen and oxygen atoms in total. The minimum atomic E-state index is -0.849. The van der Waals surface area contributed by atoms with Crippen molar-refractivity contribution in [1.29, 1.82) is 0 Å². The molecule has 0 saturated carbocycles. The van der Waals surface area contributed by atoms with Crippen LogP contribution in [0.2, 0.25) is 0 Å². The summed E-state index contributed by atoms with van der Waals surface area (Å²) in [7, 11) is 1.59. The molecular formula is C25H23N3O6. The number of rotatable bonds is 3. The lowest BCUT2D eigenvalue weighted by molar-refractivity contribution is -0.134. The van der Waals surface area contributed by atoms with Gasteiger partial charge in [0.15, 0.2) is 0 Å². The molecule has 174 valence electrons. The molecule has 2 aliphatic heterocycles. The van der Waals surface area contributed by atoms with Crippen molar-refractivity contribution < 1.29 is 29.0 Å². The van der Waals surface area contributed by atoms with Crippen LogP contribution in [0.5, 0.6) is 5.75 Å². The summed E-state index contributed by atoms with van der Waals surface area (Å²) in [6.45, 7) is 3.35. The van der Waals surface area contributed by atoms with Crippen molar-refractivity contribution in [3.8, 4) is 5.75 Å². The molecule has 1 aromatic heterocycles. The maximum Gasteiger partial charge on any atom is 0.300 e. The van der Waals surface area contributed by atoms with Crippen LogP contribution in [0.15, 0.2) is 54.7 Å². The van der Waals surface area contributed by atoms with Gasteiger partial charge in [-0.15, -0.1) is 0 Å². The van der Waals surface area contributed by atoms with Crippen LogP contribution < -0.4 is 9.64 Å². The third-order valence-corrected chi connectivity index (χ3v) is 5.85. The first-order chi connectivity index (χ1) is 16.3. The molecule has 1 saturated heterocycles. The Hall–Kier alpha value is -4.27. The number of carboxylic acids is 1. The number of anilines is 1. The topological polar surface area (TPSA) is 117 Å². The molecule has 0 unspecified atom stereocenters. The lowest BCUT2D eigenvalue weighted by Gasteiger charge is -2.24. The number of hydrogen-bond donors (Lipinski definition) is 1. The number of imide groups is 1. The van der Waals surface area contributed by atoms with Gasteiger partial charge in [0.05, 0.1) is 29.4 Å². The fourth-order valence-corrected chi connectivity index (χ4v) is 4.45. The van der Waals surface area contributed by atoms with E-state index in [4.69, 9.17) is 14.6 Å². The zero-order chi connectivity index (χ0) is 24.6. The number of pyridine rings is 1. The van der Waals surface area contributed by atoms with E-state index in [1.165, 1.54) is 0 Å². The predicted molar refractivity (Wildman–Crippen MR) is 124 cm³/mol. The molecule has 0 spiro atoms. The molecule has 3 amide bonds. The van der Waals surface area contributed by atoms with Gasteiger partial charge in [0.25, 0.3) is 23.7 Å². The molecule has 0 aliphatic carbocycles. The van der Waals surface area contributed by atoms with Crippen molar-refractivity contribution >= 4 is 40.3 Å². The van der Waals surface area contributed by atoms with E-state index in [0.29, 0.717) is 34.6 Å². The van der Waals surface area contributed by atoms with Crippen LogP contribution in [0.3, 0.4) is 0 Å². The van der Waals surface area contributed by atoms with E-state index < -0.39 is 23.8 Å². The highest BCUT2D eigenvalue weighted by Crippen LogP contribution is 2.38. The molecule has 2 atom stereocenters. The number of ether oxygens (including phenoxy) is 1. The van der Waals surface area contributed by atoms with Crippen LogP contribution in [-0.2, 0) is 9.59 Å². The third-order valence-electron chi connectivity index (χ3n) is 5.85. The van der Waals surface area contributed by atoms with Crippen LogP contribution in [-0.4, -0.2) is 58.4 Å². The van der Waals surface area contributed by atoms with E-state index in [1.54, 1.807) is 54.6 Å². The summed E-state index contributed by atoms with van der Waals surface area (Å²) in [6.07, 6.45) is 1.66. The van der Waals surface area contributed by atoms with Gasteiger partial charge in [-0.3, -0.25) is 29.1 Å². The summed E-state index contributed by atoms with van der Waals surface area (Å²) in [5, 5.41) is 8.21. The second kappa shape index (κ2) is 8.93. The zero-order valence-corrected chi connectivity index (χ0v) is 18.9. The molecule has 1 N–H and O–H groups in total. The van der Waals surface area contributed by atoms with Gasteiger partial charge in [0.1, 0.15) is 11.8 Å². The normalized spacial score (nSPS) is 19.2. The van der Waals surface area contributed by atoms with E-state index >= 15 is 0 Å². The van der Waals surface area contributed by atoms with Gasteiger partial charge in [-0.25, -0.2) is 0 Å². The van der Waals surface area contributed by atoms with Gasteiger partial charge in [-0.1, -0.05) is 19.1 Å². The average molecular weight is 461 g/mol. The molecule has 9 heteroatoms. The first-order valence-electron chi connectivity index (χ1n) is 10.7. The predicted octanol–water partition coefficient (Wildman–Crippen LogP) is 2.98. The number of carbonyl (C=O) groups is 4. The number of carbonyl (C=O) groups excluding carboxylic acids is 3.